The van der Waals surface area contributed by atoms with Crippen molar-refractivity contribution in [3.63, 3.8) is 0 Å². The van der Waals surface area contributed by atoms with Gasteiger partial charge in [-0.1, -0.05) is 384 Å². The van der Waals surface area contributed by atoms with Gasteiger partial charge in [-0.2, -0.15) is 0 Å². The second kappa shape index (κ2) is 115. The molecule has 0 aliphatic carbocycles. The van der Waals surface area contributed by atoms with E-state index in [1.165, 1.54) is 154 Å². The molecule has 4 atom stereocenters. The van der Waals surface area contributed by atoms with E-state index in [0.29, 0.717) is 104 Å². The highest BCUT2D eigenvalue weighted by atomic mass is 16.6. The van der Waals surface area contributed by atoms with E-state index in [0.717, 1.165) is 308 Å². The molecule has 0 aliphatic rings. The normalized spacial score (nSPS) is 12.9. The highest BCUT2D eigenvalue weighted by Gasteiger charge is 2.21. The fraction of sp³-hybridized carbons (Fsp3) is 0.814. The van der Waals surface area contributed by atoms with E-state index in [2.05, 4.69) is 174 Å². The van der Waals surface area contributed by atoms with E-state index in [4.69, 9.17) is 37.9 Å². The van der Waals surface area contributed by atoms with Gasteiger partial charge in [0.25, 0.3) is 0 Å². The maximum absolute atomic E-state index is 13.4. The Labute approximate surface area is 909 Å². The number of unbranched alkanes of at least 4 members (excludes halogenated alkanes) is 48. The first kappa shape index (κ1) is 142. The maximum atomic E-state index is 13.4. The summed E-state index contributed by atoms with van der Waals surface area (Å²) < 4.78 is 47.3. The van der Waals surface area contributed by atoms with Crippen LogP contribution in [0.25, 0.3) is 0 Å². The summed E-state index contributed by atoms with van der Waals surface area (Å²) in [5, 5.41) is 0. The minimum Gasteiger partial charge on any atom is -0.466 e. The minimum atomic E-state index is -0.244. The second-order valence-corrected chi connectivity index (χ2v) is 42.2. The molecule has 0 radical (unpaired) electrons. The molecule has 0 N–H and O–H groups in total. The third-order valence-electron chi connectivity index (χ3n) is 27.8. The molecule has 0 saturated carbocycles. The average molecular weight is 2080 g/mol. The van der Waals surface area contributed by atoms with E-state index < -0.39 is 0 Å². The molecule has 0 aliphatic heterocycles. The Morgan fingerprint density at radius 1 is 0.176 bits per heavy atom. The molecule has 858 valence electrons. The molecule has 0 heterocycles. The van der Waals surface area contributed by atoms with Gasteiger partial charge in [-0.3, -0.25) is 38.4 Å². The maximum Gasteiger partial charge on any atom is 0.307 e. The van der Waals surface area contributed by atoms with E-state index in [9.17, 15) is 38.4 Å². The number of carbonyl (C=O) groups is 8. The first-order valence-electron chi connectivity index (χ1n) is 62.3. The highest BCUT2D eigenvalue weighted by Crippen LogP contribution is 2.23. The molecule has 0 aromatic rings. The molecule has 19 heteroatoms. The highest BCUT2D eigenvalue weighted by molar-refractivity contribution is 5.72. The molecule has 0 amide bonds. The topological polar surface area (TPSA) is 220 Å². The lowest BCUT2D eigenvalue weighted by Gasteiger charge is -2.27. The Kier molecular flexibility index (Phi) is 110. The van der Waals surface area contributed by atoms with E-state index in [-0.39, 0.29) is 97.9 Å². The Bertz CT molecular complexity index is 2840. The number of esters is 8. The summed E-state index contributed by atoms with van der Waals surface area (Å²) in [5.41, 5.74) is 0. The molecular weight excluding hydrogens is 1850 g/mol. The number of rotatable bonds is 114. The van der Waals surface area contributed by atoms with Crippen molar-refractivity contribution in [1.82, 2.24) is 14.7 Å². The lowest BCUT2D eigenvalue weighted by atomic mass is 10.1. The van der Waals surface area contributed by atoms with Gasteiger partial charge in [0.05, 0.1) is 52.1 Å². The molecule has 19 nitrogen and oxygen atoms in total. The Morgan fingerprint density at radius 2 is 0.345 bits per heavy atom. The fourth-order valence-electron chi connectivity index (χ4n) is 18.1. The smallest absolute Gasteiger partial charge is 0.307 e. The van der Waals surface area contributed by atoms with Crippen molar-refractivity contribution < 1.29 is 76.3 Å². The fourth-order valence-corrected chi connectivity index (χ4v) is 18.1. The number of carbonyl (C=O) groups excluding carboxylic acids is 8. The Hall–Kier alpha value is -6.44. The van der Waals surface area contributed by atoms with Crippen molar-refractivity contribution in [3.05, 3.63) is 97.2 Å². The summed E-state index contributed by atoms with van der Waals surface area (Å²) in [6.07, 6.45) is 114. The summed E-state index contributed by atoms with van der Waals surface area (Å²) in [5.74, 6) is -1.34. The van der Waals surface area contributed by atoms with Gasteiger partial charge in [-0.25, -0.2) is 0 Å². The summed E-state index contributed by atoms with van der Waals surface area (Å²) in [6.45, 7) is 23.5. The van der Waals surface area contributed by atoms with E-state index in [1.54, 1.807) is 0 Å². The summed E-state index contributed by atoms with van der Waals surface area (Å²) in [7, 11) is 2.07. The van der Waals surface area contributed by atoms with Crippen LogP contribution < -0.4 is 0 Å². The Balaban J connectivity index is 6.03. The predicted molar refractivity (Wildman–Crippen MR) is 622 cm³/mol. The van der Waals surface area contributed by atoms with Crippen LogP contribution in [-0.2, 0) is 76.3 Å². The van der Waals surface area contributed by atoms with Gasteiger partial charge >= 0.3 is 47.8 Å². The second-order valence-electron chi connectivity index (χ2n) is 42.2. The molecule has 148 heavy (non-hydrogen) atoms. The van der Waals surface area contributed by atoms with Crippen molar-refractivity contribution >= 4 is 47.8 Å². The minimum absolute atomic E-state index is 0.0624. The number of likely N-dealkylation sites (N-methyl/N-ethyl adjacent to an activating group) is 1. The van der Waals surface area contributed by atoms with Crippen LogP contribution in [0.5, 0.6) is 0 Å². The van der Waals surface area contributed by atoms with E-state index in [1.807, 2.05) is 0 Å². The zero-order valence-corrected chi connectivity index (χ0v) is 97.5. The molecular formula is C129H231N3O16. The average Bonchev–Trinajstić information content (AvgIpc) is 0.947. The third-order valence-corrected chi connectivity index (χ3v) is 27.8. The van der Waals surface area contributed by atoms with Gasteiger partial charge in [-0.15, -0.1) is 0 Å². The van der Waals surface area contributed by atoms with Gasteiger partial charge in [0.2, 0.25) is 0 Å². The zero-order chi connectivity index (χ0) is 108. The lowest BCUT2D eigenvalue weighted by Crippen LogP contribution is -2.40. The van der Waals surface area contributed by atoms with Crippen LogP contribution in [0, 0.1) is 0 Å². The zero-order valence-electron chi connectivity index (χ0n) is 97.5. The molecule has 0 aromatic carbocycles. The number of hydrogen-bond donors (Lipinski definition) is 0. The first-order valence-corrected chi connectivity index (χ1v) is 62.3. The summed E-state index contributed by atoms with van der Waals surface area (Å²) in [4.78, 5) is 112. The van der Waals surface area contributed by atoms with Crippen LogP contribution in [0.2, 0.25) is 0 Å². The monoisotopic (exact) mass is 2080 g/mol. The molecule has 0 saturated heterocycles. The Morgan fingerprint density at radius 3 is 0.554 bits per heavy atom. The number of allylic oxidation sites excluding steroid dienone is 12. The first-order chi connectivity index (χ1) is 72.5. The molecule has 0 fully saturated rings. The van der Waals surface area contributed by atoms with Crippen LogP contribution in [0.4, 0.5) is 0 Å². The van der Waals surface area contributed by atoms with Crippen LogP contribution in [0.3, 0.4) is 0 Å². The van der Waals surface area contributed by atoms with Gasteiger partial charge in [0.15, 0.2) is 0 Å². The van der Waals surface area contributed by atoms with Crippen molar-refractivity contribution in [1.29, 1.82) is 0 Å². The molecule has 0 rings (SSSR count). The number of nitrogens with zero attached hydrogens (tertiary/aromatic N) is 3. The van der Waals surface area contributed by atoms with Gasteiger partial charge in [0, 0.05) is 104 Å². The number of hydrogen-bond acceptors (Lipinski definition) is 19. The SMILES string of the molecule is CCCCC/C=C\CCC(=O)OC(C/C=C\CCCCCCCCOC(=O)CCN(CCC(=O)OCCCCCCCC/C=C\CC(CCCCCC)OC(=O)CC/C=C\CCCCC)CCN(C)CCN(CCC(=O)OCCCCCCCC/C=C\CC(CCCCCC)OC(=O)CC/C=C\CCCCC)CCC(=O)OCCCCCCCC/C=C\CC(CCCCCC)OC(=O)CC/C=C\CCCCC)CCCCCC. The molecule has 0 bridgehead atoms. The van der Waals surface area contributed by atoms with Crippen molar-refractivity contribution in [3.8, 4) is 0 Å². The molecule has 0 aromatic heterocycles. The standard InChI is InChI=1S/C129H231N3O16/c1-10-18-26-34-50-66-82-98-126(137)145-118(90-74-30-22-14-5)94-78-62-54-42-38-46-58-70-86-114-141-122(133)102-106-131(107-103-123(134)142-115-87-71-59-47-39-43-55-63-79-95-119(91-75-31-23-15-6)146-127(138)99-83-67-51-35-27-19-11-2)112-110-130(9)111-113-132(108-104-124(135)143-116-88-72-60-48-40-44-56-64-80-96-120(92-76-32-24-16-7)147-128(139)100-84-68-52-36-28-20-12-3)109-105-125(136)144-117-89-73-61-49-41-45-57-65-81-97-121(93-77-33-25-17-8)148-129(140)101-85-69-53-37-29-21-13-4/h50-53,62-69,78-81,118-121H,10-49,54-61,70-77,82-117H2,1-9H3/b66-50-,67-51-,68-52-,69-53-,78-62-,79-63-,80-64-,81-65-. The number of ether oxygens (including phenoxy) is 8. The van der Waals surface area contributed by atoms with Crippen molar-refractivity contribution in [2.75, 3.05) is 85.8 Å². The van der Waals surface area contributed by atoms with Crippen LogP contribution in [0.15, 0.2) is 97.2 Å². The van der Waals surface area contributed by atoms with Crippen molar-refractivity contribution in [2.45, 2.75) is 593 Å². The largest absolute Gasteiger partial charge is 0.466 e. The van der Waals surface area contributed by atoms with Crippen LogP contribution >= 0.6 is 0 Å². The molecule has 0 spiro atoms. The van der Waals surface area contributed by atoms with Crippen LogP contribution in [0.1, 0.15) is 569 Å². The van der Waals surface area contributed by atoms with Gasteiger partial charge < -0.3 is 52.6 Å². The lowest BCUT2D eigenvalue weighted by molar-refractivity contribution is -0.150. The quantitative estimate of drug-likeness (QED) is 0.0239. The van der Waals surface area contributed by atoms with Gasteiger partial charge in [-0.05, 0) is 213 Å². The predicted octanol–water partition coefficient (Wildman–Crippen LogP) is 35.2. The molecule has 4 unspecified atom stereocenters. The van der Waals surface area contributed by atoms with E-state index >= 15 is 0 Å². The van der Waals surface area contributed by atoms with Crippen molar-refractivity contribution in [2.24, 2.45) is 0 Å². The third kappa shape index (κ3) is 105. The van der Waals surface area contributed by atoms with Gasteiger partial charge in [0.1, 0.15) is 24.4 Å². The summed E-state index contributed by atoms with van der Waals surface area (Å²) in [6, 6.07) is 0. The summed E-state index contributed by atoms with van der Waals surface area (Å²) >= 11 is 0. The van der Waals surface area contributed by atoms with Crippen LogP contribution in [-0.4, -0.2) is 173 Å².